The summed E-state index contributed by atoms with van der Waals surface area (Å²) in [5.74, 6) is 0.0973. The number of fused-ring (bicyclic) bond motifs is 1. The standard InChI is InChI=1S/C23H21BrN2O/c1-23(19-10-6-7-11-20(19)26(2)22(23)27)21(16-12-14-17(24)15-13-16)25-18-8-4-3-5-9-18/h3-15,21,25H,1-2H3/t21-,23+/m0/s1. The zero-order valence-electron chi connectivity index (χ0n) is 15.3. The van der Waals surface area contributed by atoms with Crippen molar-refractivity contribution in [1.82, 2.24) is 0 Å². The molecule has 1 aliphatic heterocycles. The molecule has 0 aliphatic carbocycles. The summed E-state index contributed by atoms with van der Waals surface area (Å²) >= 11 is 3.51. The second kappa shape index (κ2) is 6.86. The average molecular weight is 421 g/mol. The number of nitrogens with zero attached hydrogens (tertiary/aromatic N) is 1. The number of nitrogens with one attached hydrogen (secondary N) is 1. The molecule has 2 atom stereocenters. The fraction of sp³-hybridized carbons (Fsp3) is 0.174. The van der Waals surface area contributed by atoms with Crippen LogP contribution in [0.1, 0.15) is 24.1 Å². The van der Waals surface area contributed by atoms with Gasteiger partial charge in [-0.3, -0.25) is 4.79 Å². The maximum atomic E-state index is 13.4. The van der Waals surface area contributed by atoms with Crippen molar-refractivity contribution in [3.8, 4) is 0 Å². The molecule has 0 fully saturated rings. The largest absolute Gasteiger partial charge is 0.377 e. The number of benzene rings is 3. The van der Waals surface area contributed by atoms with Crippen LogP contribution in [0.3, 0.4) is 0 Å². The Bertz CT molecular complexity index is 971. The van der Waals surface area contributed by atoms with Crippen LogP contribution in [0, 0.1) is 0 Å². The highest BCUT2D eigenvalue weighted by Crippen LogP contribution is 2.49. The summed E-state index contributed by atoms with van der Waals surface area (Å²) in [5, 5.41) is 3.63. The Hall–Kier alpha value is -2.59. The molecule has 0 saturated carbocycles. The van der Waals surface area contributed by atoms with E-state index in [-0.39, 0.29) is 11.9 Å². The minimum atomic E-state index is -0.713. The Kier molecular flexibility index (Phi) is 4.52. The van der Waals surface area contributed by atoms with Crippen molar-refractivity contribution in [2.75, 3.05) is 17.3 Å². The van der Waals surface area contributed by atoms with Crippen molar-refractivity contribution >= 4 is 33.2 Å². The zero-order valence-corrected chi connectivity index (χ0v) is 16.9. The lowest BCUT2D eigenvalue weighted by Crippen LogP contribution is -2.44. The molecule has 136 valence electrons. The summed E-state index contributed by atoms with van der Waals surface area (Å²) < 4.78 is 1.02. The van der Waals surface area contributed by atoms with E-state index in [2.05, 4.69) is 39.4 Å². The van der Waals surface area contributed by atoms with Crippen molar-refractivity contribution in [2.24, 2.45) is 0 Å². The first kappa shape index (κ1) is 17.8. The molecular formula is C23H21BrN2O. The van der Waals surface area contributed by atoms with Crippen molar-refractivity contribution in [1.29, 1.82) is 0 Å². The summed E-state index contributed by atoms with van der Waals surface area (Å²) in [6.45, 7) is 2.04. The zero-order chi connectivity index (χ0) is 19.0. The Morgan fingerprint density at radius 2 is 1.56 bits per heavy atom. The molecule has 3 aromatic rings. The minimum absolute atomic E-state index is 0.0973. The SMILES string of the molecule is CN1C(=O)[C@@](C)([C@@H](Nc2ccccc2)c2ccc(Br)cc2)c2ccccc21. The fourth-order valence-electron chi connectivity index (χ4n) is 3.97. The predicted octanol–water partition coefficient (Wildman–Crippen LogP) is 5.54. The third-order valence-electron chi connectivity index (χ3n) is 5.44. The first-order valence-corrected chi connectivity index (χ1v) is 9.76. The topological polar surface area (TPSA) is 32.3 Å². The van der Waals surface area contributed by atoms with E-state index in [9.17, 15) is 4.79 Å². The van der Waals surface area contributed by atoms with Crippen molar-refractivity contribution < 1.29 is 4.79 Å². The number of likely N-dealkylation sites (N-methyl/N-ethyl adjacent to an activating group) is 1. The van der Waals surface area contributed by atoms with Crippen LogP contribution < -0.4 is 10.2 Å². The van der Waals surface area contributed by atoms with E-state index in [1.165, 1.54) is 0 Å². The molecule has 1 aliphatic rings. The molecule has 1 heterocycles. The molecule has 3 aromatic carbocycles. The summed E-state index contributed by atoms with van der Waals surface area (Å²) in [6, 6.07) is 26.1. The molecular weight excluding hydrogens is 400 g/mol. The Morgan fingerprint density at radius 3 is 2.26 bits per heavy atom. The van der Waals surface area contributed by atoms with Crippen LogP contribution >= 0.6 is 15.9 Å². The van der Waals surface area contributed by atoms with Crippen molar-refractivity contribution in [2.45, 2.75) is 18.4 Å². The number of carbonyl (C=O) groups is 1. The predicted molar refractivity (Wildman–Crippen MR) is 114 cm³/mol. The first-order valence-electron chi connectivity index (χ1n) is 8.96. The number of para-hydroxylation sites is 2. The third kappa shape index (κ3) is 2.94. The second-order valence-electron chi connectivity index (χ2n) is 7.08. The Morgan fingerprint density at radius 1 is 0.926 bits per heavy atom. The van der Waals surface area contributed by atoms with Crippen LogP contribution in [-0.2, 0) is 10.2 Å². The van der Waals surface area contributed by atoms with Gasteiger partial charge in [-0.2, -0.15) is 0 Å². The summed E-state index contributed by atoms with van der Waals surface area (Å²) in [6.07, 6.45) is 0. The quantitative estimate of drug-likeness (QED) is 0.600. The smallest absolute Gasteiger partial charge is 0.239 e. The van der Waals surface area contributed by atoms with Crippen LogP contribution in [0.5, 0.6) is 0 Å². The fourth-order valence-corrected chi connectivity index (χ4v) is 4.24. The number of carbonyl (C=O) groups excluding carboxylic acids is 1. The minimum Gasteiger partial charge on any atom is -0.377 e. The Balaban J connectivity index is 1.87. The van der Waals surface area contributed by atoms with Crippen molar-refractivity contribution in [3.63, 3.8) is 0 Å². The highest BCUT2D eigenvalue weighted by Gasteiger charge is 2.51. The van der Waals surface area contributed by atoms with Gasteiger partial charge in [0.1, 0.15) is 0 Å². The lowest BCUT2D eigenvalue weighted by atomic mass is 9.74. The van der Waals surface area contributed by atoms with E-state index in [0.29, 0.717) is 0 Å². The van der Waals surface area contributed by atoms with E-state index < -0.39 is 5.41 Å². The Labute approximate surface area is 168 Å². The van der Waals surface area contributed by atoms with Gasteiger partial charge in [-0.1, -0.05) is 64.5 Å². The second-order valence-corrected chi connectivity index (χ2v) is 7.99. The number of amides is 1. The third-order valence-corrected chi connectivity index (χ3v) is 5.97. The molecule has 0 spiro atoms. The molecule has 3 nitrogen and oxygen atoms in total. The summed E-state index contributed by atoms with van der Waals surface area (Å²) in [4.78, 5) is 15.2. The molecule has 0 unspecified atom stereocenters. The van der Waals surface area contributed by atoms with E-state index in [4.69, 9.17) is 0 Å². The van der Waals surface area contributed by atoms with Gasteiger partial charge in [-0.15, -0.1) is 0 Å². The van der Waals surface area contributed by atoms with Gasteiger partial charge in [0.2, 0.25) is 5.91 Å². The van der Waals surface area contributed by atoms with E-state index in [1.54, 1.807) is 4.90 Å². The van der Waals surface area contributed by atoms with Gasteiger partial charge in [-0.25, -0.2) is 0 Å². The normalized spacial score (nSPS) is 19.7. The van der Waals surface area contributed by atoms with Crippen LogP contribution in [0.25, 0.3) is 0 Å². The monoisotopic (exact) mass is 420 g/mol. The number of halogens is 1. The maximum Gasteiger partial charge on any atom is 0.239 e. The number of anilines is 2. The maximum absolute atomic E-state index is 13.4. The highest BCUT2D eigenvalue weighted by molar-refractivity contribution is 9.10. The van der Waals surface area contributed by atoms with Crippen LogP contribution in [0.4, 0.5) is 11.4 Å². The first-order chi connectivity index (χ1) is 13.0. The average Bonchev–Trinajstić information content (AvgIpc) is 2.90. The molecule has 4 rings (SSSR count). The van der Waals surface area contributed by atoms with Gasteiger partial charge in [0.15, 0.2) is 0 Å². The molecule has 27 heavy (non-hydrogen) atoms. The van der Waals surface area contributed by atoms with Crippen LogP contribution in [-0.4, -0.2) is 13.0 Å². The van der Waals surface area contributed by atoms with Gasteiger partial charge in [0.25, 0.3) is 0 Å². The number of rotatable bonds is 4. The lowest BCUT2D eigenvalue weighted by Gasteiger charge is -2.35. The summed E-state index contributed by atoms with van der Waals surface area (Å²) in [7, 11) is 1.85. The van der Waals surface area contributed by atoms with Gasteiger partial charge < -0.3 is 10.2 Å². The van der Waals surface area contributed by atoms with Gasteiger partial charge >= 0.3 is 0 Å². The van der Waals surface area contributed by atoms with Gasteiger partial charge in [0.05, 0.1) is 11.5 Å². The van der Waals surface area contributed by atoms with Gasteiger partial charge in [-0.05, 0) is 48.4 Å². The molecule has 0 aromatic heterocycles. The molecule has 4 heteroatoms. The lowest BCUT2D eigenvalue weighted by molar-refractivity contribution is -0.122. The van der Waals surface area contributed by atoms with Crippen LogP contribution in [0.15, 0.2) is 83.3 Å². The highest BCUT2D eigenvalue weighted by atomic mass is 79.9. The number of hydrogen-bond donors (Lipinski definition) is 1. The van der Waals surface area contributed by atoms with Crippen molar-refractivity contribution in [3.05, 3.63) is 94.5 Å². The van der Waals surface area contributed by atoms with E-state index in [1.807, 2.05) is 74.6 Å². The van der Waals surface area contributed by atoms with E-state index >= 15 is 0 Å². The van der Waals surface area contributed by atoms with Gasteiger partial charge in [0, 0.05) is 22.9 Å². The molecule has 0 bridgehead atoms. The molecule has 1 N–H and O–H groups in total. The molecule has 0 radical (unpaired) electrons. The summed E-state index contributed by atoms with van der Waals surface area (Å²) in [5.41, 5.74) is 3.37. The molecule has 1 amide bonds. The molecule has 0 saturated heterocycles. The number of hydrogen-bond acceptors (Lipinski definition) is 2. The van der Waals surface area contributed by atoms with E-state index in [0.717, 1.165) is 27.0 Å². The van der Waals surface area contributed by atoms with Crippen LogP contribution in [0.2, 0.25) is 0 Å².